The van der Waals surface area contributed by atoms with E-state index in [-0.39, 0.29) is 28.6 Å². The van der Waals surface area contributed by atoms with Gasteiger partial charge in [-0.05, 0) is 48.9 Å². The van der Waals surface area contributed by atoms with Crippen LogP contribution >= 0.6 is 22.9 Å². The smallest absolute Gasteiger partial charge is 0.259 e. The third kappa shape index (κ3) is 5.59. The number of amides is 1. The number of benzene rings is 2. The van der Waals surface area contributed by atoms with E-state index in [9.17, 15) is 13.2 Å². The number of morpholine rings is 1. The van der Waals surface area contributed by atoms with E-state index in [1.807, 2.05) is 36.6 Å². The number of ether oxygens (including phenoxy) is 2. The van der Waals surface area contributed by atoms with Gasteiger partial charge in [-0.3, -0.25) is 10.1 Å². The molecule has 3 aromatic rings. The quantitative estimate of drug-likeness (QED) is 0.468. The van der Waals surface area contributed by atoms with Crippen LogP contribution in [0.5, 0.6) is 5.75 Å². The molecule has 0 bridgehead atoms. The van der Waals surface area contributed by atoms with E-state index in [0.717, 1.165) is 17.7 Å². The number of nitrogens with zero attached hydrogens (tertiary/aromatic N) is 2. The van der Waals surface area contributed by atoms with Gasteiger partial charge in [0.05, 0.1) is 41.0 Å². The summed E-state index contributed by atoms with van der Waals surface area (Å²) < 4.78 is 38.1. The summed E-state index contributed by atoms with van der Waals surface area (Å²) in [4.78, 5) is 17.4. The molecule has 1 aliphatic rings. The summed E-state index contributed by atoms with van der Waals surface area (Å²) in [5, 5.41) is 5.08. The standard InChI is InChI=1S/C23H24ClN3O5S2/c1-2-11-32-17-5-3-16(4-6-17)21-15-33-23(25-21)26-22(28)19-14-18(7-8-20(19)24)34(29,30)27-9-12-31-13-10-27/h3-8,14-15H,2,9-13H2,1H3,(H,25,26,28). The van der Waals surface area contributed by atoms with Gasteiger partial charge in [0.2, 0.25) is 10.0 Å². The lowest BCUT2D eigenvalue weighted by Gasteiger charge is -2.26. The minimum Gasteiger partial charge on any atom is -0.494 e. The van der Waals surface area contributed by atoms with Crippen molar-refractivity contribution in [3.63, 3.8) is 0 Å². The van der Waals surface area contributed by atoms with Crippen LogP contribution in [0.15, 0.2) is 52.7 Å². The molecule has 1 N–H and O–H groups in total. The van der Waals surface area contributed by atoms with Crippen LogP contribution in [0.4, 0.5) is 5.13 Å². The van der Waals surface area contributed by atoms with Crippen molar-refractivity contribution in [1.82, 2.24) is 9.29 Å². The first kappa shape index (κ1) is 24.6. The van der Waals surface area contributed by atoms with Gasteiger partial charge >= 0.3 is 0 Å². The van der Waals surface area contributed by atoms with E-state index in [2.05, 4.69) is 10.3 Å². The topological polar surface area (TPSA) is 97.8 Å². The van der Waals surface area contributed by atoms with Gasteiger partial charge in [-0.1, -0.05) is 18.5 Å². The van der Waals surface area contributed by atoms with Crippen LogP contribution in [0.1, 0.15) is 23.7 Å². The van der Waals surface area contributed by atoms with Gasteiger partial charge in [-0.15, -0.1) is 11.3 Å². The Balaban J connectivity index is 1.49. The zero-order chi connectivity index (χ0) is 24.1. The highest BCUT2D eigenvalue weighted by Gasteiger charge is 2.27. The Morgan fingerprint density at radius 2 is 1.94 bits per heavy atom. The van der Waals surface area contributed by atoms with Gasteiger partial charge in [0, 0.05) is 24.0 Å². The second kappa shape index (κ2) is 10.8. The van der Waals surface area contributed by atoms with Crippen LogP contribution in [0.3, 0.4) is 0 Å². The summed E-state index contributed by atoms with van der Waals surface area (Å²) in [6.07, 6.45) is 0.933. The number of thiazole rings is 1. The lowest BCUT2D eigenvalue weighted by atomic mass is 10.2. The summed E-state index contributed by atoms with van der Waals surface area (Å²) in [5.74, 6) is 0.254. The minimum atomic E-state index is -3.76. The maximum atomic E-state index is 13.0. The predicted molar refractivity (Wildman–Crippen MR) is 132 cm³/mol. The Labute approximate surface area is 207 Å². The average Bonchev–Trinajstić information content (AvgIpc) is 3.32. The highest BCUT2D eigenvalue weighted by molar-refractivity contribution is 7.89. The monoisotopic (exact) mass is 521 g/mol. The molecule has 34 heavy (non-hydrogen) atoms. The fraction of sp³-hybridized carbons (Fsp3) is 0.304. The maximum absolute atomic E-state index is 13.0. The van der Waals surface area contributed by atoms with Crippen molar-refractivity contribution in [2.45, 2.75) is 18.2 Å². The third-order valence-electron chi connectivity index (χ3n) is 5.14. The molecule has 4 rings (SSSR count). The zero-order valence-electron chi connectivity index (χ0n) is 18.5. The first-order valence-corrected chi connectivity index (χ1v) is 13.5. The van der Waals surface area contributed by atoms with Crippen molar-refractivity contribution < 1.29 is 22.7 Å². The Morgan fingerprint density at radius 1 is 1.21 bits per heavy atom. The van der Waals surface area contributed by atoms with Gasteiger partial charge < -0.3 is 9.47 Å². The lowest BCUT2D eigenvalue weighted by molar-refractivity contribution is 0.0730. The van der Waals surface area contributed by atoms with Crippen LogP contribution in [-0.4, -0.2) is 56.5 Å². The van der Waals surface area contributed by atoms with Crippen LogP contribution in [0.25, 0.3) is 11.3 Å². The summed E-state index contributed by atoms with van der Waals surface area (Å²) in [6, 6.07) is 11.7. The SMILES string of the molecule is CCCOc1ccc(-c2csc(NC(=O)c3cc(S(=O)(=O)N4CCOCC4)ccc3Cl)n2)cc1. The molecule has 0 aliphatic carbocycles. The van der Waals surface area contributed by atoms with Crippen molar-refractivity contribution in [3.8, 4) is 17.0 Å². The highest BCUT2D eigenvalue weighted by Crippen LogP contribution is 2.28. The second-order valence-electron chi connectivity index (χ2n) is 7.52. The summed E-state index contributed by atoms with van der Waals surface area (Å²) in [6.45, 7) is 3.90. The molecule has 180 valence electrons. The number of halogens is 1. The van der Waals surface area contributed by atoms with Gasteiger partial charge in [-0.25, -0.2) is 13.4 Å². The number of rotatable bonds is 8. The summed E-state index contributed by atoms with van der Waals surface area (Å²) >= 11 is 7.49. The van der Waals surface area contributed by atoms with Crippen LogP contribution in [0.2, 0.25) is 5.02 Å². The molecule has 1 amide bonds. The number of nitrogens with one attached hydrogen (secondary N) is 1. The zero-order valence-corrected chi connectivity index (χ0v) is 20.9. The van der Waals surface area contributed by atoms with Gasteiger partial charge in [-0.2, -0.15) is 4.31 Å². The molecule has 1 saturated heterocycles. The van der Waals surface area contributed by atoms with Crippen LogP contribution in [0, 0.1) is 0 Å². The predicted octanol–water partition coefficient (Wildman–Crippen LogP) is 4.53. The molecular formula is C23H24ClN3O5S2. The van der Waals surface area contributed by atoms with Crippen molar-refractivity contribution in [2.75, 3.05) is 38.2 Å². The molecule has 2 aromatic carbocycles. The average molecular weight is 522 g/mol. The van der Waals surface area contributed by atoms with E-state index in [0.29, 0.717) is 30.6 Å². The Morgan fingerprint density at radius 3 is 2.65 bits per heavy atom. The fourth-order valence-electron chi connectivity index (χ4n) is 3.34. The van der Waals surface area contributed by atoms with Crippen molar-refractivity contribution in [2.24, 2.45) is 0 Å². The van der Waals surface area contributed by atoms with Gasteiger partial charge in [0.15, 0.2) is 5.13 Å². The number of carbonyl (C=O) groups excluding carboxylic acids is 1. The molecule has 0 saturated carbocycles. The molecule has 2 heterocycles. The molecule has 0 radical (unpaired) electrons. The fourth-order valence-corrected chi connectivity index (χ4v) is 5.70. The molecule has 0 atom stereocenters. The number of carbonyl (C=O) groups is 1. The van der Waals surface area contributed by atoms with Crippen LogP contribution < -0.4 is 10.1 Å². The van der Waals surface area contributed by atoms with Crippen molar-refractivity contribution >= 4 is 44.0 Å². The second-order valence-corrected chi connectivity index (χ2v) is 10.7. The molecule has 8 nitrogen and oxygen atoms in total. The molecule has 0 spiro atoms. The minimum absolute atomic E-state index is 0.00848. The molecule has 1 fully saturated rings. The van der Waals surface area contributed by atoms with E-state index < -0.39 is 15.9 Å². The molecular weight excluding hydrogens is 498 g/mol. The Bertz CT molecular complexity index is 1260. The molecule has 1 aromatic heterocycles. The number of aromatic nitrogens is 1. The normalized spacial score (nSPS) is 14.6. The molecule has 11 heteroatoms. The summed E-state index contributed by atoms with van der Waals surface area (Å²) in [7, 11) is -3.76. The maximum Gasteiger partial charge on any atom is 0.259 e. The number of sulfonamides is 1. The first-order valence-electron chi connectivity index (χ1n) is 10.8. The third-order valence-corrected chi connectivity index (χ3v) is 8.12. The van der Waals surface area contributed by atoms with Gasteiger partial charge in [0.1, 0.15) is 5.75 Å². The largest absolute Gasteiger partial charge is 0.494 e. The number of anilines is 1. The van der Waals surface area contributed by atoms with E-state index in [1.165, 1.54) is 33.8 Å². The van der Waals surface area contributed by atoms with Crippen LogP contribution in [-0.2, 0) is 14.8 Å². The lowest BCUT2D eigenvalue weighted by Crippen LogP contribution is -2.40. The number of hydrogen-bond donors (Lipinski definition) is 1. The Kier molecular flexibility index (Phi) is 7.84. The van der Waals surface area contributed by atoms with E-state index >= 15 is 0 Å². The molecule has 0 unspecified atom stereocenters. The Hall–Kier alpha value is -2.50. The van der Waals surface area contributed by atoms with E-state index in [1.54, 1.807) is 0 Å². The van der Waals surface area contributed by atoms with Crippen molar-refractivity contribution in [1.29, 1.82) is 0 Å². The summed E-state index contributed by atoms with van der Waals surface area (Å²) in [5.41, 5.74) is 1.65. The van der Waals surface area contributed by atoms with E-state index in [4.69, 9.17) is 21.1 Å². The highest BCUT2D eigenvalue weighted by atomic mass is 35.5. The number of hydrogen-bond acceptors (Lipinski definition) is 7. The first-order chi connectivity index (χ1) is 16.4. The molecule has 1 aliphatic heterocycles. The van der Waals surface area contributed by atoms with Gasteiger partial charge in [0.25, 0.3) is 5.91 Å². The van der Waals surface area contributed by atoms with Crippen molar-refractivity contribution in [3.05, 3.63) is 58.4 Å².